The fourth-order valence-electron chi connectivity index (χ4n) is 2.93. The van der Waals surface area contributed by atoms with Gasteiger partial charge < -0.3 is 11.1 Å². The molecule has 1 aromatic carbocycles. The van der Waals surface area contributed by atoms with Gasteiger partial charge >= 0.3 is 0 Å². The molecular formula is C18H24N2O. The van der Waals surface area contributed by atoms with Crippen LogP contribution in [-0.4, -0.2) is 18.5 Å². The summed E-state index contributed by atoms with van der Waals surface area (Å²) in [5.41, 5.74) is 8.09. The lowest BCUT2D eigenvalue weighted by Gasteiger charge is -2.28. The molecule has 1 amide bonds. The van der Waals surface area contributed by atoms with Gasteiger partial charge in [-0.25, -0.2) is 0 Å². The van der Waals surface area contributed by atoms with Gasteiger partial charge in [-0.05, 0) is 42.9 Å². The number of amides is 1. The molecular weight excluding hydrogens is 260 g/mol. The third kappa shape index (κ3) is 3.65. The van der Waals surface area contributed by atoms with Crippen LogP contribution in [-0.2, 0) is 0 Å². The van der Waals surface area contributed by atoms with E-state index in [1.54, 1.807) is 0 Å². The summed E-state index contributed by atoms with van der Waals surface area (Å²) in [7, 11) is 0. The molecule has 3 N–H and O–H groups in total. The predicted molar refractivity (Wildman–Crippen MR) is 86.0 cm³/mol. The van der Waals surface area contributed by atoms with Crippen LogP contribution in [0.4, 0.5) is 0 Å². The summed E-state index contributed by atoms with van der Waals surface area (Å²) in [5, 5.41) is 3.20. The number of carbonyl (C=O) groups is 1. The molecule has 2 rings (SSSR count). The van der Waals surface area contributed by atoms with Gasteiger partial charge in [-0.1, -0.05) is 38.2 Å². The molecule has 0 heterocycles. The first-order chi connectivity index (χ1) is 9.94. The largest absolute Gasteiger partial charge is 0.349 e. The zero-order valence-corrected chi connectivity index (χ0v) is 13.1. The lowest BCUT2D eigenvalue weighted by Crippen LogP contribution is -2.41. The number of rotatable bonds is 2. The van der Waals surface area contributed by atoms with E-state index in [0.717, 1.165) is 17.5 Å². The number of nitrogens with two attached hydrogens (primary N) is 1. The van der Waals surface area contributed by atoms with E-state index in [4.69, 9.17) is 5.73 Å². The van der Waals surface area contributed by atoms with Crippen LogP contribution in [0.3, 0.4) is 0 Å². The van der Waals surface area contributed by atoms with Gasteiger partial charge in [0.1, 0.15) is 0 Å². The SMILES string of the molecule is Cc1ccc(C#CCN)cc1C(=O)NC1CCCC1(C)C. The molecule has 0 aliphatic heterocycles. The Kier molecular flexibility index (Phi) is 4.69. The van der Waals surface area contributed by atoms with Crippen molar-refractivity contribution < 1.29 is 4.79 Å². The highest BCUT2D eigenvalue weighted by molar-refractivity contribution is 5.96. The Morgan fingerprint density at radius 1 is 1.48 bits per heavy atom. The van der Waals surface area contributed by atoms with Gasteiger partial charge in [0.2, 0.25) is 0 Å². The highest BCUT2D eigenvalue weighted by atomic mass is 16.1. The Morgan fingerprint density at radius 2 is 2.24 bits per heavy atom. The molecule has 1 fully saturated rings. The lowest BCUT2D eigenvalue weighted by molar-refractivity contribution is 0.0909. The second-order valence-corrected chi connectivity index (χ2v) is 6.44. The maximum atomic E-state index is 12.6. The molecule has 1 unspecified atom stereocenters. The Morgan fingerprint density at radius 3 is 2.86 bits per heavy atom. The zero-order valence-electron chi connectivity index (χ0n) is 13.1. The summed E-state index contributed by atoms with van der Waals surface area (Å²) in [6, 6.07) is 5.97. The zero-order chi connectivity index (χ0) is 15.5. The molecule has 0 radical (unpaired) electrons. The minimum Gasteiger partial charge on any atom is -0.349 e. The Balaban J connectivity index is 2.19. The molecule has 1 atom stereocenters. The van der Waals surface area contributed by atoms with Crippen LogP contribution < -0.4 is 11.1 Å². The summed E-state index contributed by atoms with van der Waals surface area (Å²) in [6.07, 6.45) is 3.41. The van der Waals surface area contributed by atoms with E-state index in [2.05, 4.69) is 31.0 Å². The van der Waals surface area contributed by atoms with Crippen LogP contribution >= 0.6 is 0 Å². The number of nitrogens with one attached hydrogen (secondary N) is 1. The molecule has 1 aliphatic rings. The van der Waals surface area contributed by atoms with E-state index in [1.165, 1.54) is 12.8 Å². The number of benzene rings is 1. The monoisotopic (exact) mass is 284 g/mol. The van der Waals surface area contributed by atoms with Crippen molar-refractivity contribution in [1.29, 1.82) is 0 Å². The Labute approximate surface area is 127 Å². The van der Waals surface area contributed by atoms with Gasteiger partial charge in [0.15, 0.2) is 0 Å². The van der Waals surface area contributed by atoms with E-state index in [9.17, 15) is 4.79 Å². The molecule has 1 aromatic rings. The van der Waals surface area contributed by atoms with Crippen molar-refractivity contribution in [2.75, 3.05) is 6.54 Å². The molecule has 0 saturated heterocycles. The molecule has 3 heteroatoms. The van der Waals surface area contributed by atoms with Crippen LogP contribution in [0, 0.1) is 24.2 Å². The van der Waals surface area contributed by atoms with Crippen LogP contribution in [0.2, 0.25) is 0 Å². The van der Waals surface area contributed by atoms with E-state index < -0.39 is 0 Å². The van der Waals surface area contributed by atoms with Gasteiger partial charge in [0.25, 0.3) is 5.91 Å². The average molecular weight is 284 g/mol. The van der Waals surface area contributed by atoms with Crippen molar-refractivity contribution in [2.24, 2.45) is 11.1 Å². The average Bonchev–Trinajstić information content (AvgIpc) is 2.77. The summed E-state index contributed by atoms with van der Waals surface area (Å²) >= 11 is 0. The van der Waals surface area contributed by atoms with Gasteiger partial charge in [-0.2, -0.15) is 0 Å². The number of hydrogen-bond acceptors (Lipinski definition) is 2. The van der Waals surface area contributed by atoms with E-state index in [1.807, 2.05) is 25.1 Å². The fraction of sp³-hybridized carbons (Fsp3) is 0.500. The third-order valence-corrected chi connectivity index (χ3v) is 4.38. The van der Waals surface area contributed by atoms with Crippen LogP contribution in [0.25, 0.3) is 0 Å². The Hall–Kier alpha value is -1.79. The summed E-state index contributed by atoms with van der Waals surface area (Å²) in [4.78, 5) is 12.6. The van der Waals surface area contributed by atoms with Gasteiger partial charge in [-0.15, -0.1) is 0 Å². The standard InChI is InChI=1S/C18H24N2O/c1-13-8-9-14(6-5-11-19)12-15(13)17(21)20-16-7-4-10-18(16,2)3/h8-9,12,16H,4,7,10-11,19H2,1-3H3,(H,20,21). The molecule has 1 aliphatic carbocycles. The van der Waals surface area contributed by atoms with E-state index >= 15 is 0 Å². The van der Waals surface area contributed by atoms with Crippen LogP contribution in [0.5, 0.6) is 0 Å². The topological polar surface area (TPSA) is 55.1 Å². The van der Waals surface area contributed by atoms with Crippen molar-refractivity contribution in [3.63, 3.8) is 0 Å². The molecule has 0 bridgehead atoms. The van der Waals surface area contributed by atoms with Gasteiger partial charge in [0, 0.05) is 17.2 Å². The second kappa shape index (κ2) is 6.32. The molecule has 21 heavy (non-hydrogen) atoms. The van der Waals surface area contributed by atoms with E-state index in [-0.39, 0.29) is 17.4 Å². The number of aryl methyl sites for hydroxylation is 1. The molecule has 0 aromatic heterocycles. The van der Waals surface area contributed by atoms with E-state index in [0.29, 0.717) is 12.1 Å². The summed E-state index contributed by atoms with van der Waals surface area (Å²) in [5.74, 6) is 5.81. The quantitative estimate of drug-likeness (QED) is 0.820. The normalized spacial score (nSPS) is 19.7. The van der Waals surface area contributed by atoms with Crippen molar-refractivity contribution in [3.05, 3.63) is 34.9 Å². The summed E-state index contributed by atoms with van der Waals surface area (Å²) in [6.45, 7) is 6.72. The maximum absolute atomic E-state index is 12.6. The van der Waals surface area contributed by atoms with Crippen LogP contribution in [0.1, 0.15) is 54.6 Å². The smallest absolute Gasteiger partial charge is 0.251 e. The fourth-order valence-corrected chi connectivity index (χ4v) is 2.93. The summed E-state index contributed by atoms with van der Waals surface area (Å²) < 4.78 is 0. The molecule has 3 nitrogen and oxygen atoms in total. The highest BCUT2D eigenvalue weighted by Gasteiger charge is 2.35. The molecule has 112 valence electrons. The Bertz CT molecular complexity index is 593. The number of carbonyl (C=O) groups excluding carboxylic acids is 1. The maximum Gasteiger partial charge on any atom is 0.251 e. The first-order valence-electron chi connectivity index (χ1n) is 7.54. The number of hydrogen-bond donors (Lipinski definition) is 2. The van der Waals surface area contributed by atoms with Crippen molar-refractivity contribution in [1.82, 2.24) is 5.32 Å². The van der Waals surface area contributed by atoms with Crippen molar-refractivity contribution in [3.8, 4) is 11.8 Å². The highest BCUT2D eigenvalue weighted by Crippen LogP contribution is 2.37. The minimum absolute atomic E-state index is 0.00359. The third-order valence-electron chi connectivity index (χ3n) is 4.38. The van der Waals surface area contributed by atoms with Crippen molar-refractivity contribution in [2.45, 2.75) is 46.1 Å². The van der Waals surface area contributed by atoms with Crippen molar-refractivity contribution >= 4 is 5.91 Å². The van der Waals surface area contributed by atoms with Gasteiger partial charge in [0.05, 0.1) is 6.54 Å². The van der Waals surface area contributed by atoms with Gasteiger partial charge in [-0.3, -0.25) is 4.79 Å². The molecule has 0 spiro atoms. The second-order valence-electron chi connectivity index (χ2n) is 6.44. The lowest BCUT2D eigenvalue weighted by atomic mass is 9.87. The predicted octanol–water partition coefficient (Wildman–Crippen LogP) is 2.61. The molecule has 1 saturated carbocycles. The first kappa shape index (κ1) is 15.6. The minimum atomic E-state index is 0.00359. The van der Waals surface area contributed by atoms with Crippen LogP contribution in [0.15, 0.2) is 18.2 Å². The first-order valence-corrected chi connectivity index (χ1v) is 7.54.